The number of fused-ring (bicyclic) bond motifs is 1. The average molecular weight is 291 g/mol. The largest absolute Gasteiger partial charge is 0.388 e. The zero-order valence-corrected chi connectivity index (χ0v) is 13.8. The highest BCUT2D eigenvalue weighted by molar-refractivity contribution is 7.98. The van der Waals surface area contributed by atoms with Crippen LogP contribution in [0.1, 0.15) is 25.6 Å². The van der Waals surface area contributed by atoms with Gasteiger partial charge in [-0.1, -0.05) is 13.3 Å². The Morgan fingerprint density at radius 1 is 1.40 bits per heavy atom. The Balaban J connectivity index is 2.26. The van der Waals surface area contributed by atoms with Gasteiger partial charge < -0.3 is 9.88 Å². The number of hydrogen-bond acceptors (Lipinski definition) is 3. The summed E-state index contributed by atoms with van der Waals surface area (Å²) >= 11 is 1.94. The summed E-state index contributed by atoms with van der Waals surface area (Å²) in [5.74, 6) is 3.10. The maximum Gasteiger partial charge on any atom is 0.106 e. The SMILES string of the molecule is CCC(CCSC)Cn1c(C)nc2cc(NC)ccc21. The fourth-order valence-corrected chi connectivity index (χ4v) is 3.17. The molecule has 0 fully saturated rings. The first kappa shape index (κ1) is 15.2. The maximum atomic E-state index is 4.71. The molecule has 0 aliphatic carbocycles. The van der Waals surface area contributed by atoms with Crippen molar-refractivity contribution in [3.05, 3.63) is 24.0 Å². The Labute approximate surface area is 126 Å². The Morgan fingerprint density at radius 3 is 2.85 bits per heavy atom. The van der Waals surface area contributed by atoms with E-state index in [1.54, 1.807) is 0 Å². The molecule has 0 saturated carbocycles. The van der Waals surface area contributed by atoms with Crippen LogP contribution in [0.5, 0.6) is 0 Å². The zero-order valence-electron chi connectivity index (χ0n) is 12.9. The average Bonchev–Trinajstić information content (AvgIpc) is 2.78. The number of benzene rings is 1. The second-order valence-electron chi connectivity index (χ2n) is 5.28. The van der Waals surface area contributed by atoms with Gasteiger partial charge in [0.2, 0.25) is 0 Å². The van der Waals surface area contributed by atoms with E-state index in [4.69, 9.17) is 4.98 Å². The lowest BCUT2D eigenvalue weighted by molar-refractivity contribution is 0.422. The van der Waals surface area contributed by atoms with Gasteiger partial charge in [-0.15, -0.1) is 0 Å². The van der Waals surface area contributed by atoms with E-state index >= 15 is 0 Å². The molecule has 2 rings (SSSR count). The van der Waals surface area contributed by atoms with Crippen LogP contribution in [0.15, 0.2) is 18.2 Å². The van der Waals surface area contributed by atoms with Crippen molar-refractivity contribution in [3.63, 3.8) is 0 Å². The van der Waals surface area contributed by atoms with Crippen molar-refractivity contribution in [2.75, 3.05) is 24.4 Å². The second-order valence-corrected chi connectivity index (χ2v) is 6.26. The van der Waals surface area contributed by atoms with Gasteiger partial charge in [-0.05, 0) is 49.5 Å². The van der Waals surface area contributed by atoms with Crippen molar-refractivity contribution in [1.82, 2.24) is 9.55 Å². The standard InChI is InChI=1S/C16H25N3S/c1-5-13(8-9-20-4)11-19-12(2)18-15-10-14(17-3)6-7-16(15)19/h6-7,10,13,17H,5,8-9,11H2,1-4H3. The molecule has 0 bridgehead atoms. The van der Waals surface area contributed by atoms with Gasteiger partial charge in [-0.3, -0.25) is 0 Å². The molecule has 0 aliphatic heterocycles. The van der Waals surface area contributed by atoms with Crippen LogP contribution in [0.3, 0.4) is 0 Å². The predicted octanol–water partition coefficient (Wildman–Crippen LogP) is 4.17. The van der Waals surface area contributed by atoms with Crippen LogP contribution >= 0.6 is 11.8 Å². The Kier molecular flexibility index (Phi) is 5.35. The Bertz CT molecular complexity index is 562. The molecule has 0 amide bonds. The van der Waals surface area contributed by atoms with Gasteiger partial charge in [0, 0.05) is 19.3 Å². The van der Waals surface area contributed by atoms with Gasteiger partial charge in [-0.25, -0.2) is 4.98 Å². The summed E-state index contributed by atoms with van der Waals surface area (Å²) in [5, 5.41) is 3.18. The van der Waals surface area contributed by atoms with E-state index in [1.165, 1.54) is 24.1 Å². The van der Waals surface area contributed by atoms with Gasteiger partial charge in [0.25, 0.3) is 0 Å². The van der Waals surface area contributed by atoms with Crippen LogP contribution in [0.2, 0.25) is 0 Å². The predicted molar refractivity (Wildman–Crippen MR) is 90.8 cm³/mol. The topological polar surface area (TPSA) is 29.9 Å². The first-order valence-electron chi connectivity index (χ1n) is 7.33. The fourth-order valence-electron chi connectivity index (χ4n) is 2.60. The second kappa shape index (κ2) is 7.02. The summed E-state index contributed by atoms with van der Waals surface area (Å²) in [6.07, 6.45) is 4.70. The van der Waals surface area contributed by atoms with E-state index in [9.17, 15) is 0 Å². The third-order valence-electron chi connectivity index (χ3n) is 3.98. The summed E-state index contributed by atoms with van der Waals surface area (Å²) in [6.45, 7) is 5.48. The van der Waals surface area contributed by atoms with E-state index in [-0.39, 0.29) is 0 Å². The molecule has 110 valence electrons. The molecule has 20 heavy (non-hydrogen) atoms. The van der Waals surface area contributed by atoms with Crippen molar-refractivity contribution in [3.8, 4) is 0 Å². The molecule has 1 aromatic carbocycles. The highest BCUT2D eigenvalue weighted by atomic mass is 32.2. The molecule has 4 heteroatoms. The molecular weight excluding hydrogens is 266 g/mol. The normalized spacial score (nSPS) is 12.8. The lowest BCUT2D eigenvalue weighted by Gasteiger charge is -2.17. The van der Waals surface area contributed by atoms with Crippen molar-refractivity contribution >= 4 is 28.5 Å². The number of hydrogen-bond donors (Lipinski definition) is 1. The fraction of sp³-hybridized carbons (Fsp3) is 0.562. The molecule has 0 spiro atoms. The summed E-state index contributed by atoms with van der Waals surface area (Å²) < 4.78 is 2.38. The van der Waals surface area contributed by atoms with E-state index in [0.717, 1.165) is 29.5 Å². The Hall–Kier alpha value is -1.16. The highest BCUT2D eigenvalue weighted by Crippen LogP contribution is 2.23. The van der Waals surface area contributed by atoms with Gasteiger partial charge in [0.1, 0.15) is 5.82 Å². The van der Waals surface area contributed by atoms with Crippen molar-refractivity contribution in [2.24, 2.45) is 5.92 Å². The molecule has 2 aromatic rings. The summed E-state index contributed by atoms with van der Waals surface area (Å²) in [7, 11) is 1.94. The molecule has 1 heterocycles. The van der Waals surface area contributed by atoms with Crippen molar-refractivity contribution in [1.29, 1.82) is 0 Å². The minimum atomic E-state index is 0.738. The third kappa shape index (κ3) is 3.29. The van der Waals surface area contributed by atoms with E-state index in [1.807, 2.05) is 18.8 Å². The number of aryl methyl sites for hydroxylation is 1. The first-order valence-corrected chi connectivity index (χ1v) is 8.72. The van der Waals surface area contributed by atoms with Crippen LogP contribution in [-0.4, -0.2) is 28.6 Å². The molecule has 1 N–H and O–H groups in total. The van der Waals surface area contributed by atoms with E-state index in [0.29, 0.717) is 0 Å². The molecule has 3 nitrogen and oxygen atoms in total. The van der Waals surface area contributed by atoms with E-state index < -0.39 is 0 Å². The van der Waals surface area contributed by atoms with Crippen molar-refractivity contribution in [2.45, 2.75) is 33.2 Å². The zero-order chi connectivity index (χ0) is 14.5. The molecular formula is C16H25N3S. The minimum Gasteiger partial charge on any atom is -0.388 e. The summed E-state index contributed by atoms with van der Waals surface area (Å²) in [4.78, 5) is 4.71. The van der Waals surface area contributed by atoms with Crippen LogP contribution < -0.4 is 5.32 Å². The number of rotatable bonds is 7. The lowest BCUT2D eigenvalue weighted by atomic mass is 10.0. The smallest absolute Gasteiger partial charge is 0.106 e. The number of nitrogens with zero attached hydrogens (tertiary/aromatic N) is 2. The molecule has 0 radical (unpaired) electrons. The van der Waals surface area contributed by atoms with Crippen molar-refractivity contribution < 1.29 is 0 Å². The molecule has 1 atom stereocenters. The number of thioether (sulfide) groups is 1. The molecule has 1 unspecified atom stereocenters. The number of anilines is 1. The molecule has 0 aliphatic rings. The summed E-state index contributed by atoms with van der Waals surface area (Å²) in [5.41, 5.74) is 3.47. The van der Waals surface area contributed by atoms with Gasteiger partial charge in [-0.2, -0.15) is 11.8 Å². The van der Waals surface area contributed by atoms with Crippen LogP contribution in [0.25, 0.3) is 11.0 Å². The lowest BCUT2D eigenvalue weighted by Crippen LogP contribution is -2.12. The maximum absolute atomic E-state index is 4.71. The number of aromatic nitrogens is 2. The first-order chi connectivity index (χ1) is 9.69. The minimum absolute atomic E-state index is 0.738. The van der Waals surface area contributed by atoms with Gasteiger partial charge in [0.05, 0.1) is 11.0 Å². The van der Waals surface area contributed by atoms with Crippen LogP contribution in [-0.2, 0) is 6.54 Å². The highest BCUT2D eigenvalue weighted by Gasteiger charge is 2.12. The van der Waals surface area contributed by atoms with Crippen LogP contribution in [0, 0.1) is 12.8 Å². The van der Waals surface area contributed by atoms with Gasteiger partial charge in [0.15, 0.2) is 0 Å². The Morgan fingerprint density at radius 2 is 2.20 bits per heavy atom. The molecule has 1 aromatic heterocycles. The third-order valence-corrected chi connectivity index (χ3v) is 4.62. The van der Waals surface area contributed by atoms with Crippen LogP contribution in [0.4, 0.5) is 5.69 Å². The number of imidazole rings is 1. The monoisotopic (exact) mass is 291 g/mol. The summed E-state index contributed by atoms with van der Waals surface area (Å²) in [6, 6.07) is 6.44. The molecule has 0 saturated heterocycles. The van der Waals surface area contributed by atoms with E-state index in [2.05, 4.69) is 48.2 Å². The number of nitrogens with one attached hydrogen (secondary N) is 1. The van der Waals surface area contributed by atoms with Gasteiger partial charge >= 0.3 is 0 Å². The quantitative estimate of drug-likeness (QED) is 0.830.